The number of ether oxygens (including phenoxy) is 2. The lowest BCUT2D eigenvalue weighted by atomic mass is 10.1. The molecule has 1 atom stereocenters. The van der Waals surface area contributed by atoms with Gasteiger partial charge in [0.2, 0.25) is 0 Å². The largest absolute Gasteiger partial charge is 0.462 e. The smallest absolute Gasteiger partial charge is 0.306 e. The number of unbranched alkanes of at least 4 members (excludes halogenated alkanes) is 13. The molecule has 0 aliphatic carbocycles. The number of aliphatic hydroxyl groups excluding tert-OH is 1. The lowest BCUT2D eigenvalue weighted by Gasteiger charge is -2.15. The van der Waals surface area contributed by atoms with Gasteiger partial charge in [-0.25, -0.2) is 0 Å². The van der Waals surface area contributed by atoms with Crippen molar-refractivity contribution in [1.82, 2.24) is 0 Å². The Balaban J connectivity index is 3.67. The van der Waals surface area contributed by atoms with Gasteiger partial charge in [-0.3, -0.25) is 9.59 Å². The lowest BCUT2D eigenvalue weighted by Crippen LogP contribution is -2.28. The summed E-state index contributed by atoms with van der Waals surface area (Å²) in [5, 5.41) is 9.68. The molecule has 0 bridgehead atoms. The molecule has 5 nitrogen and oxygen atoms in total. The standard InChI is InChI=1S/C75H114O5/c1-3-5-7-9-11-13-15-17-19-21-23-25-27-29-31-33-34-35-36-37-38-39-40-42-44-46-48-50-52-54-56-58-60-62-64-66-68-70-75(78)80-73(71-76)72-79-74(77)69-67-65-63-61-59-57-55-53-51-49-47-45-43-41-32-30-28-26-24-22-20-18-16-14-12-10-8-6-4-2/h5-8,11-14,17-20,23-26,29-32,34-35,37-38,40,42-43,45-46,48-49,51-52,54,73,76H,3-4,9-10,15-16,21-22,27-28,33,36,39,41,44,47,50,53,55-72H2,1-2H3/b7-5-,8-6-,13-11-,14-12-,19-17-,20-18-,25-23-,26-24-,31-29-,32-30-,35-34-,38-37-,42-40-,45-43-,48-46-,51-49-,54-52-. The van der Waals surface area contributed by atoms with Gasteiger partial charge in [-0.15, -0.1) is 0 Å². The summed E-state index contributed by atoms with van der Waals surface area (Å²) in [5.74, 6) is -0.637. The van der Waals surface area contributed by atoms with Crippen molar-refractivity contribution in [1.29, 1.82) is 0 Å². The van der Waals surface area contributed by atoms with E-state index in [-0.39, 0.29) is 25.2 Å². The van der Waals surface area contributed by atoms with E-state index in [0.717, 1.165) is 167 Å². The molecule has 0 fully saturated rings. The maximum Gasteiger partial charge on any atom is 0.306 e. The molecule has 0 heterocycles. The van der Waals surface area contributed by atoms with Gasteiger partial charge in [0.05, 0.1) is 6.61 Å². The predicted octanol–water partition coefficient (Wildman–Crippen LogP) is 22.2. The van der Waals surface area contributed by atoms with Crippen LogP contribution < -0.4 is 0 Å². The van der Waals surface area contributed by atoms with E-state index in [1.54, 1.807) is 0 Å². The zero-order chi connectivity index (χ0) is 57.6. The van der Waals surface area contributed by atoms with E-state index in [4.69, 9.17) is 9.47 Å². The van der Waals surface area contributed by atoms with Gasteiger partial charge in [0, 0.05) is 12.8 Å². The number of allylic oxidation sites excluding steroid dienone is 34. The quantitative estimate of drug-likeness (QED) is 0.0373. The van der Waals surface area contributed by atoms with Crippen LogP contribution in [0.1, 0.15) is 232 Å². The molecule has 0 aromatic carbocycles. The minimum atomic E-state index is -0.804. The number of carbonyl (C=O) groups excluding carboxylic acids is 2. The van der Waals surface area contributed by atoms with Crippen molar-refractivity contribution in [2.75, 3.05) is 13.2 Å². The van der Waals surface area contributed by atoms with E-state index in [9.17, 15) is 14.7 Å². The van der Waals surface area contributed by atoms with Crippen LogP contribution in [-0.2, 0) is 19.1 Å². The molecular formula is C75H114O5. The summed E-state index contributed by atoms with van der Waals surface area (Å²) in [6, 6.07) is 0. The van der Waals surface area contributed by atoms with Crippen molar-refractivity contribution >= 4 is 11.9 Å². The van der Waals surface area contributed by atoms with E-state index in [0.29, 0.717) is 12.8 Å². The molecule has 0 aliphatic rings. The van der Waals surface area contributed by atoms with Crippen LogP contribution in [0.15, 0.2) is 207 Å². The minimum Gasteiger partial charge on any atom is -0.462 e. The highest BCUT2D eigenvalue weighted by atomic mass is 16.6. The van der Waals surface area contributed by atoms with Crippen LogP contribution in [0.5, 0.6) is 0 Å². The first-order valence-electron chi connectivity index (χ1n) is 31.6. The second-order valence-electron chi connectivity index (χ2n) is 20.0. The first kappa shape index (κ1) is 74.5. The molecule has 5 heteroatoms. The normalized spacial score (nSPS) is 13.7. The second-order valence-corrected chi connectivity index (χ2v) is 20.0. The van der Waals surface area contributed by atoms with Crippen molar-refractivity contribution in [3.05, 3.63) is 207 Å². The highest BCUT2D eigenvalue weighted by molar-refractivity contribution is 5.70. The molecular weight excluding hydrogens is 981 g/mol. The number of rotatable bonds is 55. The van der Waals surface area contributed by atoms with E-state index in [2.05, 4.69) is 220 Å². The Morgan fingerprint density at radius 2 is 0.500 bits per heavy atom. The first-order valence-corrected chi connectivity index (χ1v) is 31.6. The molecule has 0 saturated carbocycles. The predicted molar refractivity (Wildman–Crippen MR) is 352 cm³/mol. The van der Waals surface area contributed by atoms with Crippen LogP contribution in [0.4, 0.5) is 0 Å². The molecule has 80 heavy (non-hydrogen) atoms. The average Bonchev–Trinajstić information content (AvgIpc) is 3.46. The highest BCUT2D eigenvalue weighted by Crippen LogP contribution is 2.13. The van der Waals surface area contributed by atoms with Gasteiger partial charge in [0.1, 0.15) is 6.61 Å². The summed E-state index contributed by atoms with van der Waals surface area (Å²) < 4.78 is 10.7. The third kappa shape index (κ3) is 65.0. The van der Waals surface area contributed by atoms with Crippen LogP contribution in [0.25, 0.3) is 0 Å². The monoisotopic (exact) mass is 1090 g/mol. The third-order valence-corrected chi connectivity index (χ3v) is 12.6. The Morgan fingerprint density at radius 1 is 0.287 bits per heavy atom. The number of hydrogen-bond donors (Lipinski definition) is 1. The van der Waals surface area contributed by atoms with E-state index in [1.165, 1.54) is 38.5 Å². The molecule has 0 aromatic rings. The van der Waals surface area contributed by atoms with Crippen molar-refractivity contribution in [2.24, 2.45) is 0 Å². The molecule has 0 saturated heterocycles. The summed E-state index contributed by atoms with van der Waals surface area (Å²) in [6.07, 6.45) is 109. The molecule has 444 valence electrons. The van der Waals surface area contributed by atoms with Crippen molar-refractivity contribution in [3.63, 3.8) is 0 Å². The minimum absolute atomic E-state index is 0.0925. The average molecular weight is 1100 g/mol. The van der Waals surface area contributed by atoms with E-state index < -0.39 is 6.10 Å². The van der Waals surface area contributed by atoms with Crippen LogP contribution in [-0.4, -0.2) is 36.4 Å². The Bertz CT molecular complexity index is 1910. The van der Waals surface area contributed by atoms with Crippen molar-refractivity contribution < 1.29 is 24.2 Å². The van der Waals surface area contributed by atoms with Crippen molar-refractivity contribution in [2.45, 2.75) is 238 Å². The van der Waals surface area contributed by atoms with Gasteiger partial charge in [0.25, 0.3) is 0 Å². The molecule has 0 aromatic heterocycles. The van der Waals surface area contributed by atoms with Gasteiger partial charge in [0.15, 0.2) is 6.10 Å². The van der Waals surface area contributed by atoms with Gasteiger partial charge in [-0.2, -0.15) is 0 Å². The Hall–Kier alpha value is -5.52. The second kappa shape index (κ2) is 67.8. The Labute approximate surface area is 491 Å². The Kier molecular flexibility index (Phi) is 63.1. The fourth-order valence-corrected chi connectivity index (χ4v) is 7.92. The zero-order valence-electron chi connectivity index (χ0n) is 50.7. The van der Waals surface area contributed by atoms with Crippen LogP contribution in [0.3, 0.4) is 0 Å². The molecule has 1 unspecified atom stereocenters. The Morgan fingerprint density at radius 3 is 0.750 bits per heavy atom. The van der Waals surface area contributed by atoms with E-state index in [1.807, 2.05) is 0 Å². The summed E-state index contributed by atoms with van der Waals surface area (Å²) in [6.45, 7) is 3.88. The van der Waals surface area contributed by atoms with Gasteiger partial charge in [-0.05, 0) is 148 Å². The first-order chi connectivity index (χ1) is 39.6. The fraction of sp³-hybridized carbons (Fsp3) is 0.520. The maximum absolute atomic E-state index is 12.3. The summed E-state index contributed by atoms with van der Waals surface area (Å²) in [4.78, 5) is 24.6. The molecule has 0 spiro atoms. The van der Waals surface area contributed by atoms with Gasteiger partial charge in [-0.1, -0.05) is 278 Å². The van der Waals surface area contributed by atoms with Crippen LogP contribution >= 0.6 is 0 Å². The number of aliphatic hydroxyl groups is 1. The molecule has 0 aliphatic heterocycles. The fourth-order valence-electron chi connectivity index (χ4n) is 7.92. The summed E-state index contributed by atoms with van der Waals surface area (Å²) in [5.41, 5.74) is 0. The molecule has 0 amide bonds. The molecule has 0 radical (unpaired) electrons. The third-order valence-electron chi connectivity index (χ3n) is 12.6. The highest BCUT2D eigenvalue weighted by Gasteiger charge is 2.16. The number of carbonyl (C=O) groups is 2. The SMILES string of the molecule is CC/C=C\C/C=C\C/C=C\C/C=C\C/C=C\C/C=C\C/C=C\C/C=C\C/C=C\C/C=C\CCCCCCCCC(=O)OC(CO)COC(=O)CCCCCCCCC/C=C\C/C=C\C/C=C\C/C=C\C/C=C\C/C=C\C/C=C\CC. The van der Waals surface area contributed by atoms with E-state index >= 15 is 0 Å². The lowest BCUT2D eigenvalue weighted by molar-refractivity contribution is -0.161. The van der Waals surface area contributed by atoms with Crippen molar-refractivity contribution in [3.8, 4) is 0 Å². The van der Waals surface area contributed by atoms with Crippen LogP contribution in [0, 0.1) is 0 Å². The van der Waals surface area contributed by atoms with Gasteiger partial charge >= 0.3 is 11.9 Å². The maximum atomic E-state index is 12.3. The van der Waals surface area contributed by atoms with Gasteiger partial charge < -0.3 is 14.6 Å². The topological polar surface area (TPSA) is 72.8 Å². The zero-order valence-corrected chi connectivity index (χ0v) is 50.7. The summed E-state index contributed by atoms with van der Waals surface area (Å²) >= 11 is 0. The number of esters is 2. The summed E-state index contributed by atoms with van der Waals surface area (Å²) in [7, 11) is 0. The number of hydrogen-bond acceptors (Lipinski definition) is 5. The molecule has 0 rings (SSSR count). The van der Waals surface area contributed by atoms with Crippen LogP contribution in [0.2, 0.25) is 0 Å². The molecule has 1 N–H and O–H groups in total.